The van der Waals surface area contributed by atoms with Crippen LogP contribution in [0.15, 0.2) is 110 Å². The summed E-state index contributed by atoms with van der Waals surface area (Å²) in [6.07, 6.45) is 3.79. The lowest BCUT2D eigenvalue weighted by Gasteiger charge is -2.37. The molecule has 0 spiro atoms. The third kappa shape index (κ3) is 3.69. The molecule has 1 N–H and O–H groups in total. The van der Waals surface area contributed by atoms with Gasteiger partial charge < -0.3 is 9.30 Å². The zero-order chi connectivity index (χ0) is 23.4. The predicted molar refractivity (Wildman–Crippen MR) is 130 cm³/mol. The van der Waals surface area contributed by atoms with E-state index in [1.165, 1.54) is 0 Å². The van der Waals surface area contributed by atoms with E-state index in [0.29, 0.717) is 23.7 Å². The highest BCUT2D eigenvalue weighted by Crippen LogP contribution is 2.41. The van der Waals surface area contributed by atoms with E-state index in [2.05, 4.69) is 56.1 Å². The normalized spacial score (nSPS) is 11.3. The van der Waals surface area contributed by atoms with Crippen LogP contribution >= 0.6 is 0 Å². The maximum absolute atomic E-state index is 12.1. The van der Waals surface area contributed by atoms with Gasteiger partial charge in [0.15, 0.2) is 0 Å². The molecule has 2 aromatic heterocycles. The van der Waals surface area contributed by atoms with E-state index in [0.717, 1.165) is 16.7 Å². The van der Waals surface area contributed by atoms with Crippen LogP contribution in [0.1, 0.15) is 34.1 Å². The van der Waals surface area contributed by atoms with Gasteiger partial charge in [-0.2, -0.15) is 5.10 Å². The topological polar surface area (TPSA) is 72.8 Å². The summed E-state index contributed by atoms with van der Waals surface area (Å²) in [6, 6.07) is 32.8. The number of nitrogens with zero attached hydrogens (tertiary/aromatic N) is 3. The molecule has 168 valence electrons. The molecule has 5 aromatic rings. The largest absolute Gasteiger partial charge is 0.461 e. The number of aromatic nitrogens is 4. The fourth-order valence-electron chi connectivity index (χ4n) is 4.39. The van der Waals surface area contributed by atoms with Crippen molar-refractivity contribution in [2.75, 3.05) is 6.61 Å². The van der Waals surface area contributed by atoms with Crippen molar-refractivity contribution in [2.24, 2.45) is 0 Å². The second-order valence-corrected chi connectivity index (χ2v) is 7.86. The van der Waals surface area contributed by atoms with Gasteiger partial charge in [0.1, 0.15) is 22.6 Å². The van der Waals surface area contributed by atoms with Crippen molar-refractivity contribution in [1.82, 2.24) is 19.7 Å². The molecule has 3 aromatic carbocycles. The minimum atomic E-state index is -0.657. The van der Waals surface area contributed by atoms with Crippen LogP contribution in [0.2, 0.25) is 0 Å². The first-order valence-electron chi connectivity index (χ1n) is 11.2. The number of esters is 1. The summed E-state index contributed by atoms with van der Waals surface area (Å²) < 4.78 is 7.19. The summed E-state index contributed by atoms with van der Waals surface area (Å²) in [4.78, 5) is 16.8. The maximum Gasteiger partial charge on any atom is 0.356 e. The van der Waals surface area contributed by atoms with Gasteiger partial charge in [-0.25, -0.2) is 9.78 Å². The van der Waals surface area contributed by atoms with Crippen LogP contribution in [-0.4, -0.2) is 32.3 Å². The van der Waals surface area contributed by atoms with Gasteiger partial charge in [-0.15, -0.1) is 0 Å². The van der Waals surface area contributed by atoms with Crippen LogP contribution < -0.4 is 0 Å². The van der Waals surface area contributed by atoms with Crippen LogP contribution in [0.5, 0.6) is 0 Å². The van der Waals surface area contributed by atoms with Crippen LogP contribution in [0, 0.1) is 0 Å². The minimum Gasteiger partial charge on any atom is -0.461 e. The average molecular weight is 449 g/mol. The number of carbonyl (C=O) groups excluding carboxylic acids is 1. The minimum absolute atomic E-state index is 0.298. The van der Waals surface area contributed by atoms with E-state index in [-0.39, 0.29) is 0 Å². The monoisotopic (exact) mass is 448 g/mol. The highest BCUT2D eigenvalue weighted by atomic mass is 16.5. The van der Waals surface area contributed by atoms with Gasteiger partial charge in [-0.05, 0) is 23.6 Å². The Hall–Kier alpha value is -4.45. The van der Waals surface area contributed by atoms with Gasteiger partial charge in [0.05, 0.1) is 12.9 Å². The number of H-pyrrole nitrogens is 1. The first-order valence-corrected chi connectivity index (χ1v) is 11.2. The van der Waals surface area contributed by atoms with E-state index in [1.807, 2.05) is 67.1 Å². The Bertz CT molecular complexity index is 1280. The summed E-state index contributed by atoms with van der Waals surface area (Å²) in [6.45, 7) is 2.07. The maximum atomic E-state index is 12.1. The number of carbonyl (C=O) groups is 1. The molecule has 2 heterocycles. The molecule has 0 aliphatic carbocycles. The molecule has 0 unspecified atom stereocenters. The Morgan fingerprint density at radius 2 is 1.38 bits per heavy atom. The zero-order valence-corrected chi connectivity index (χ0v) is 18.8. The highest BCUT2D eigenvalue weighted by Gasteiger charge is 2.38. The molecule has 0 atom stereocenters. The molecular weight excluding hydrogens is 424 g/mol. The summed E-state index contributed by atoms with van der Waals surface area (Å²) in [5.41, 5.74) is 4.17. The Labute approximate surface area is 197 Å². The fraction of sp³-hybridized carbons (Fsp3) is 0.107. The van der Waals surface area contributed by atoms with Gasteiger partial charge >= 0.3 is 5.97 Å². The van der Waals surface area contributed by atoms with Gasteiger partial charge in [0, 0.05) is 12.3 Å². The highest BCUT2D eigenvalue weighted by molar-refractivity contribution is 5.88. The summed E-state index contributed by atoms with van der Waals surface area (Å²) in [7, 11) is 0. The smallest absolute Gasteiger partial charge is 0.356 e. The first kappa shape index (κ1) is 21.4. The van der Waals surface area contributed by atoms with Crippen LogP contribution in [0.3, 0.4) is 0 Å². The SMILES string of the molecule is CCOC(=O)c1cc(-c2cn(C(c3ccccc3)(c3ccccc3)c3ccccc3)cn2)n[nH]1. The molecule has 0 saturated heterocycles. The Morgan fingerprint density at radius 3 is 1.88 bits per heavy atom. The van der Waals surface area contributed by atoms with Crippen LogP contribution in [0.4, 0.5) is 0 Å². The second kappa shape index (κ2) is 9.19. The predicted octanol–water partition coefficient (Wildman–Crippen LogP) is 5.29. The van der Waals surface area contributed by atoms with Gasteiger partial charge in [-0.1, -0.05) is 91.0 Å². The Morgan fingerprint density at radius 1 is 0.853 bits per heavy atom. The van der Waals surface area contributed by atoms with Gasteiger partial charge in [0.25, 0.3) is 0 Å². The van der Waals surface area contributed by atoms with Crippen molar-refractivity contribution in [3.63, 3.8) is 0 Å². The Kier molecular flexibility index (Phi) is 5.79. The zero-order valence-electron chi connectivity index (χ0n) is 18.8. The van der Waals surface area contributed by atoms with E-state index in [4.69, 9.17) is 4.74 Å². The number of ether oxygens (including phenoxy) is 1. The number of nitrogens with one attached hydrogen (secondary N) is 1. The molecule has 0 aliphatic heterocycles. The van der Waals surface area contributed by atoms with Crippen molar-refractivity contribution >= 4 is 5.97 Å². The third-order valence-electron chi connectivity index (χ3n) is 5.88. The molecule has 0 fully saturated rings. The molecule has 0 amide bonds. The van der Waals surface area contributed by atoms with Crippen molar-refractivity contribution in [2.45, 2.75) is 12.5 Å². The lowest BCUT2D eigenvalue weighted by Crippen LogP contribution is -2.36. The molecule has 6 nitrogen and oxygen atoms in total. The molecule has 0 aliphatic rings. The summed E-state index contributed by atoms with van der Waals surface area (Å²) >= 11 is 0. The molecule has 0 radical (unpaired) electrons. The third-order valence-corrected chi connectivity index (χ3v) is 5.88. The number of imidazole rings is 1. The molecule has 0 bridgehead atoms. The van der Waals surface area contributed by atoms with E-state index < -0.39 is 11.5 Å². The van der Waals surface area contributed by atoms with E-state index >= 15 is 0 Å². The lowest BCUT2D eigenvalue weighted by molar-refractivity contribution is 0.0519. The fourth-order valence-corrected chi connectivity index (χ4v) is 4.39. The molecular formula is C28H24N4O2. The van der Waals surface area contributed by atoms with Crippen LogP contribution in [0.25, 0.3) is 11.4 Å². The Balaban J connectivity index is 1.70. The second-order valence-electron chi connectivity index (χ2n) is 7.86. The van der Waals surface area contributed by atoms with Crippen molar-refractivity contribution < 1.29 is 9.53 Å². The summed E-state index contributed by atoms with van der Waals surface area (Å²) in [5, 5.41) is 7.06. The molecule has 6 heteroatoms. The van der Waals surface area contributed by atoms with Crippen molar-refractivity contribution in [3.05, 3.63) is 132 Å². The van der Waals surface area contributed by atoms with Crippen LogP contribution in [-0.2, 0) is 10.3 Å². The van der Waals surface area contributed by atoms with Gasteiger partial charge in [0.2, 0.25) is 0 Å². The number of hydrogen-bond donors (Lipinski definition) is 1. The lowest BCUT2D eigenvalue weighted by atomic mass is 9.77. The van der Waals surface area contributed by atoms with Crippen molar-refractivity contribution in [3.8, 4) is 11.4 Å². The van der Waals surface area contributed by atoms with Crippen molar-refractivity contribution in [1.29, 1.82) is 0 Å². The number of aromatic amines is 1. The van der Waals surface area contributed by atoms with E-state index in [9.17, 15) is 4.79 Å². The standard InChI is InChI=1S/C28H24N4O2/c1-2-34-27(33)25-18-24(30-31-25)26-19-32(20-29-26)28(21-12-6-3-7-13-21,22-14-8-4-9-15-22)23-16-10-5-11-17-23/h3-20H,2H2,1H3,(H,30,31). The number of rotatable bonds is 7. The molecule has 0 saturated carbocycles. The van der Waals surface area contributed by atoms with Gasteiger partial charge in [-0.3, -0.25) is 5.10 Å². The number of benzene rings is 3. The van der Waals surface area contributed by atoms with E-state index in [1.54, 1.807) is 13.0 Å². The molecule has 34 heavy (non-hydrogen) atoms. The first-order chi connectivity index (χ1) is 16.7. The molecule has 5 rings (SSSR count). The average Bonchev–Trinajstić information content (AvgIpc) is 3.58. The number of hydrogen-bond acceptors (Lipinski definition) is 4. The quantitative estimate of drug-likeness (QED) is 0.271. The summed E-state index contributed by atoms with van der Waals surface area (Å²) in [5.74, 6) is -0.437.